The van der Waals surface area contributed by atoms with Gasteiger partial charge in [-0.1, -0.05) is 26.8 Å². The van der Waals surface area contributed by atoms with E-state index in [1.165, 1.54) is 6.07 Å². The third-order valence-electron chi connectivity index (χ3n) is 4.87. The number of benzene rings is 1. The second kappa shape index (κ2) is 7.11. The van der Waals surface area contributed by atoms with Crippen LogP contribution in [-0.2, 0) is 9.22 Å². The van der Waals surface area contributed by atoms with Crippen LogP contribution in [0.4, 0.5) is 0 Å². The zero-order valence-electron chi connectivity index (χ0n) is 15.4. The smallest absolute Gasteiger partial charge is 0.298 e. The van der Waals surface area contributed by atoms with Crippen LogP contribution in [0, 0.1) is 0 Å². The molecule has 2 aromatic rings. The van der Waals surface area contributed by atoms with E-state index in [1.807, 2.05) is 6.07 Å². The molecule has 0 radical (unpaired) electrons. The second-order valence-corrected chi connectivity index (χ2v) is 12.3. The van der Waals surface area contributed by atoms with Crippen LogP contribution in [0.15, 0.2) is 29.1 Å². The molecule has 0 aliphatic rings. The molecule has 1 heterocycles. The molecule has 0 saturated carbocycles. The summed E-state index contributed by atoms with van der Waals surface area (Å²) in [6, 6.07) is 6.64. The number of carbonyl (C=O) groups is 1. The second-order valence-electron chi connectivity index (χ2n) is 7.58. The first-order valence-corrected chi connectivity index (χ1v) is 11.2. The standard InChI is InChI=1S/C18H26N2O4Si/c1-18(2,3)25(4,5)24-15(10-19)12-6-8-14(23-11-21)17-13(12)7-9-16(22)20-17/h6-9,11,15H,10,19H2,1-5H3,(H,20,22). The molecule has 0 bridgehead atoms. The van der Waals surface area contributed by atoms with Crippen LogP contribution in [0.5, 0.6) is 5.75 Å². The molecule has 136 valence electrons. The van der Waals surface area contributed by atoms with E-state index in [9.17, 15) is 9.59 Å². The lowest BCUT2D eigenvalue weighted by Crippen LogP contribution is -2.43. The van der Waals surface area contributed by atoms with Crippen LogP contribution >= 0.6 is 0 Å². The molecule has 0 amide bonds. The van der Waals surface area contributed by atoms with E-state index in [0.29, 0.717) is 24.3 Å². The lowest BCUT2D eigenvalue weighted by atomic mass is 10.0. The predicted molar refractivity (Wildman–Crippen MR) is 101 cm³/mol. The van der Waals surface area contributed by atoms with Gasteiger partial charge >= 0.3 is 0 Å². The van der Waals surface area contributed by atoms with Gasteiger partial charge in [0, 0.05) is 18.0 Å². The van der Waals surface area contributed by atoms with Crippen LogP contribution < -0.4 is 16.0 Å². The van der Waals surface area contributed by atoms with Crippen molar-refractivity contribution in [2.24, 2.45) is 5.73 Å². The fourth-order valence-corrected chi connectivity index (χ4v) is 3.74. The highest BCUT2D eigenvalue weighted by Gasteiger charge is 2.39. The minimum absolute atomic E-state index is 0.0467. The van der Waals surface area contributed by atoms with Crippen molar-refractivity contribution in [1.82, 2.24) is 4.98 Å². The summed E-state index contributed by atoms with van der Waals surface area (Å²) in [6.07, 6.45) is -0.306. The lowest BCUT2D eigenvalue weighted by Gasteiger charge is -2.39. The number of nitrogens with one attached hydrogen (secondary N) is 1. The van der Waals surface area contributed by atoms with Gasteiger partial charge in [0.1, 0.15) is 0 Å². The average molecular weight is 363 g/mol. The van der Waals surface area contributed by atoms with Crippen molar-refractivity contribution in [3.05, 3.63) is 40.2 Å². The van der Waals surface area contributed by atoms with E-state index in [0.717, 1.165) is 10.9 Å². The summed E-state index contributed by atoms with van der Waals surface area (Å²) >= 11 is 0. The predicted octanol–water partition coefficient (Wildman–Crippen LogP) is 3.08. The minimum atomic E-state index is -2.04. The fraction of sp³-hybridized carbons (Fsp3) is 0.444. The number of aromatic amines is 1. The van der Waals surface area contributed by atoms with Crippen LogP contribution in [0.2, 0.25) is 18.1 Å². The normalized spacial score (nSPS) is 13.7. The van der Waals surface area contributed by atoms with Gasteiger partial charge in [0.15, 0.2) is 14.1 Å². The molecular weight excluding hydrogens is 336 g/mol. The summed E-state index contributed by atoms with van der Waals surface area (Å²) in [5.41, 5.74) is 7.08. The molecule has 25 heavy (non-hydrogen) atoms. The highest BCUT2D eigenvalue weighted by molar-refractivity contribution is 6.74. The molecule has 1 aromatic carbocycles. The topological polar surface area (TPSA) is 94.4 Å². The van der Waals surface area contributed by atoms with Crippen molar-refractivity contribution < 1.29 is 14.0 Å². The Morgan fingerprint density at radius 3 is 2.48 bits per heavy atom. The number of nitrogens with two attached hydrogens (primary N) is 1. The molecule has 0 saturated heterocycles. The zero-order chi connectivity index (χ0) is 18.8. The van der Waals surface area contributed by atoms with Crippen LogP contribution in [0.25, 0.3) is 10.9 Å². The summed E-state index contributed by atoms with van der Waals surface area (Å²) < 4.78 is 11.5. The van der Waals surface area contributed by atoms with Crippen molar-refractivity contribution >= 4 is 25.7 Å². The van der Waals surface area contributed by atoms with Gasteiger partial charge in [-0.25, -0.2) is 0 Å². The van der Waals surface area contributed by atoms with Crippen LogP contribution in [0.3, 0.4) is 0 Å². The molecule has 3 N–H and O–H groups in total. The van der Waals surface area contributed by atoms with Crippen molar-refractivity contribution in [1.29, 1.82) is 0 Å². The molecule has 1 aromatic heterocycles. The van der Waals surface area contributed by atoms with Crippen molar-refractivity contribution in [2.75, 3.05) is 6.54 Å². The summed E-state index contributed by atoms with van der Waals surface area (Å²) in [5.74, 6) is 0.301. The quantitative estimate of drug-likeness (QED) is 0.608. The SMILES string of the molecule is CC(C)(C)[Si](C)(C)OC(CN)c1ccc(OC=O)c2[nH]c(=O)ccc12. The Balaban J connectivity index is 2.57. The van der Waals surface area contributed by atoms with Gasteiger partial charge in [-0.3, -0.25) is 9.59 Å². The van der Waals surface area contributed by atoms with Crippen molar-refractivity contribution in [2.45, 2.75) is 45.0 Å². The molecule has 1 unspecified atom stereocenters. The summed E-state index contributed by atoms with van der Waals surface area (Å²) in [5, 5.41) is 0.804. The van der Waals surface area contributed by atoms with Gasteiger partial charge in [0.05, 0.1) is 11.6 Å². The largest absolute Gasteiger partial charge is 0.427 e. The average Bonchev–Trinajstić information content (AvgIpc) is 2.52. The first-order valence-electron chi connectivity index (χ1n) is 8.25. The maximum absolute atomic E-state index is 11.7. The minimum Gasteiger partial charge on any atom is -0.427 e. The van der Waals surface area contributed by atoms with E-state index >= 15 is 0 Å². The molecule has 2 rings (SSSR count). The Hall–Kier alpha value is -1.96. The number of aromatic nitrogens is 1. The maximum atomic E-state index is 11.7. The Labute approximate surface area is 148 Å². The summed E-state index contributed by atoms with van der Waals surface area (Å²) in [7, 11) is -2.04. The summed E-state index contributed by atoms with van der Waals surface area (Å²) in [6.45, 7) is 11.5. The number of hydrogen-bond donors (Lipinski definition) is 2. The van der Waals surface area contributed by atoms with Gasteiger partial charge in [-0.05, 0) is 35.8 Å². The number of pyridine rings is 1. The van der Waals surface area contributed by atoms with E-state index in [4.69, 9.17) is 14.9 Å². The van der Waals surface area contributed by atoms with Crippen molar-refractivity contribution in [3.63, 3.8) is 0 Å². The van der Waals surface area contributed by atoms with Gasteiger partial charge in [-0.15, -0.1) is 0 Å². The lowest BCUT2D eigenvalue weighted by molar-refractivity contribution is -0.120. The summed E-state index contributed by atoms with van der Waals surface area (Å²) in [4.78, 5) is 25.2. The van der Waals surface area contributed by atoms with Gasteiger partial charge in [0.2, 0.25) is 5.56 Å². The Bertz CT molecular complexity index is 824. The molecule has 7 heteroatoms. The third kappa shape index (κ3) is 4.00. The molecule has 0 aliphatic heterocycles. The molecular formula is C18H26N2O4Si. The Morgan fingerprint density at radius 1 is 1.24 bits per heavy atom. The maximum Gasteiger partial charge on any atom is 0.298 e. The van der Waals surface area contributed by atoms with Gasteiger partial charge in [0.25, 0.3) is 6.47 Å². The van der Waals surface area contributed by atoms with Gasteiger partial charge < -0.3 is 19.9 Å². The number of H-pyrrole nitrogens is 1. The first kappa shape index (κ1) is 19.4. The monoisotopic (exact) mass is 362 g/mol. The van der Waals surface area contributed by atoms with E-state index in [-0.39, 0.29) is 16.7 Å². The van der Waals surface area contributed by atoms with Crippen molar-refractivity contribution in [3.8, 4) is 5.75 Å². The number of fused-ring (bicyclic) bond motifs is 1. The number of carbonyl (C=O) groups excluding carboxylic acids is 1. The van der Waals surface area contributed by atoms with Gasteiger partial charge in [-0.2, -0.15) is 0 Å². The highest BCUT2D eigenvalue weighted by Crippen LogP contribution is 2.40. The Morgan fingerprint density at radius 2 is 1.92 bits per heavy atom. The molecule has 6 nitrogen and oxygen atoms in total. The molecule has 0 aliphatic carbocycles. The van der Waals surface area contributed by atoms with E-state index in [2.05, 4.69) is 38.8 Å². The molecule has 1 atom stereocenters. The molecule has 0 fully saturated rings. The molecule has 0 spiro atoms. The van der Waals surface area contributed by atoms with Crippen LogP contribution in [-0.4, -0.2) is 26.3 Å². The third-order valence-corrected chi connectivity index (χ3v) is 9.36. The highest BCUT2D eigenvalue weighted by atomic mass is 28.4. The van der Waals surface area contributed by atoms with E-state index < -0.39 is 8.32 Å². The first-order chi connectivity index (χ1) is 11.6. The number of hydrogen-bond acceptors (Lipinski definition) is 5. The van der Waals surface area contributed by atoms with E-state index in [1.54, 1.807) is 12.1 Å². The zero-order valence-corrected chi connectivity index (χ0v) is 16.4. The Kier molecular flexibility index (Phi) is 5.51. The number of ether oxygens (including phenoxy) is 1. The van der Waals surface area contributed by atoms with Crippen LogP contribution in [0.1, 0.15) is 32.4 Å². The fourth-order valence-electron chi connectivity index (χ4n) is 2.45. The number of rotatable bonds is 6.